The van der Waals surface area contributed by atoms with Gasteiger partial charge < -0.3 is 38.6 Å². The molecule has 0 aromatic heterocycles. The summed E-state index contributed by atoms with van der Waals surface area (Å²) in [6.07, 6.45) is 0. The maximum absolute atomic E-state index is 13.2. The Morgan fingerprint density at radius 2 is 1.70 bits per heavy atom. The molecule has 3 unspecified atom stereocenters. The van der Waals surface area contributed by atoms with E-state index in [0.29, 0.717) is 45.4 Å². The Kier molecular flexibility index (Phi) is 6.25. The van der Waals surface area contributed by atoms with Gasteiger partial charge in [0.15, 0.2) is 18.3 Å². The maximum atomic E-state index is 13.2. The van der Waals surface area contributed by atoms with E-state index in [1.54, 1.807) is 55.6 Å². The molecule has 9 heteroatoms. The zero-order valence-corrected chi connectivity index (χ0v) is 20.9. The van der Waals surface area contributed by atoms with Crippen molar-refractivity contribution < 1.29 is 43.4 Å². The number of ether oxygens (including phenoxy) is 6. The Hall–Kier alpha value is -4.11. The first-order valence-corrected chi connectivity index (χ1v) is 11.7. The molecule has 0 saturated heterocycles. The van der Waals surface area contributed by atoms with E-state index < -0.39 is 23.2 Å². The number of phenolic OH excluding ortho intramolecular Hbond substituents is 1. The molecule has 0 bridgehead atoms. The average molecular weight is 509 g/mol. The number of aliphatic carboxylic acids is 1. The second-order valence-corrected chi connectivity index (χ2v) is 9.13. The van der Waals surface area contributed by atoms with Gasteiger partial charge in [0.2, 0.25) is 6.79 Å². The highest BCUT2D eigenvalue weighted by Crippen LogP contribution is 2.60. The minimum absolute atomic E-state index is 0.0302. The highest BCUT2D eigenvalue weighted by atomic mass is 16.7. The second-order valence-electron chi connectivity index (χ2n) is 9.13. The maximum Gasteiger partial charge on any atom is 0.308 e. The van der Waals surface area contributed by atoms with E-state index in [0.717, 1.165) is 5.56 Å². The van der Waals surface area contributed by atoms with E-state index in [2.05, 4.69) is 0 Å². The van der Waals surface area contributed by atoms with Gasteiger partial charge >= 0.3 is 5.97 Å². The predicted molar refractivity (Wildman–Crippen MR) is 132 cm³/mol. The standard InChI is InChI=1S/C28H28O9/c1-28(20-11-23-24(37-14-36-23)12-22(20)34-4)19-8-5-15(29)9-18(19)25(26(28)27(30)31)17-7-6-16(33-3)10-21(17)35-13-32-2/h5-12,25-26,29H,13-14H2,1-4H3,(H,30,31). The molecule has 5 rings (SSSR count). The largest absolute Gasteiger partial charge is 0.508 e. The van der Waals surface area contributed by atoms with Gasteiger partial charge in [-0.15, -0.1) is 0 Å². The van der Waals surface area contributed by atoms with Crippen molar-refractivity contribution in [2.75, 3.05) is 34.9 Å². The van der Waals surface area contributed by atoms with Crippen molar-refractivity contribution in [2.45, 2.75) is 18.3 Å². The van der Waals surface area contributed by atoms with Crippen LogP contribution in [0.25, 0.3) is 0 Å². The van der Waals surface area contributed by atoms with Crippen LogP contribution < -0.4 is 23.7 Å². The molecule has 2 N–H and O–H groups in total. The normalized spacial score (nSPS) is 21.4. The van der Waals surface area contributed by atoms with Gasteiger partial charge in [-0.3, -0.25) is 4.79 Å². The SMILES string of the molecule is COCOc1cc(OC)ccc1C1c2cc(O)ccc2C(C)(c2cc3c(cc2OC)OCO3)C1C(=O)O. The molecule has 3 aromatic rings. The van der Waals surface area contributed by atoms with Crippen LogP contribution in [0.15, 0.2) is 48.5 Å². The highest BCUT2D eigenvalue weighted by molar-refractivity contribution is 5.81. The van der Waals surface area contributed by atoms with Crippen LogP contribution in [0, 0.1) is 5.92 Å². The van der Waals surface area contributed by atoms with Gasteiger partial charge in [-0.25, -0.2) is 0 Å². The van der Waals surface area contributed by atoms with Gasteiger partial charge in [-0.05, 0) is 35.4 Å². The number of hydrogen-bond donors (Lipinski definition) is 2. The summed E-state index contributed by atoms with van der Waals surface area (Å²) in [4.78, 5) is 13.2. The third-order valence-electron chi connectivity index (χ3n) is 7.29. The predicted octanol–water partition coefficient (Wildman–Crippen LogP) is 4.27. The third-order valence-corrected chi connectivity index (χ3v) is 7.29. The molecule has 1 aliphatic carbocycles. The summed E-state index contributed by atoms with van der Waals surface area (Å²) in [7, 11) is 4.58. The number of carboxylic acids is 1. The zero-order valence-electron chi connectivity index (χ0n) is 20.9. The summed E-state index contributed by atoms with van der Waals surface area (Å²) in [5.41, 5.74) is 1.59. The van der Waals surface area contributed by atoms with Crippen LogP contribution in [0.4, 0.5) is 0 Å². The Morgan fingerprint density at radius 3 is 2.38 bits per heavy atom. The fourth-order valence-electron chi connectivity index (χ4n) is 5.65. The summed E-state index contributed by atoms with van der Waals surface area (Å²) in [5, 5.41) is 21.2. The van der Waals surface area contributed by atoms with Gasteiger partial charge in [0.25, 0.3) is 0 Å². The molecule has 0 amide bonds. The van der Waals surface area contributed by atoms with Crippen molar-refractivity contribution in [1.82, 2.24) is 0 Å². The van der Waals surface area contributed by atoms with Crippen LogP contribution in [0.5, 0.6) is 34.5 Å². The lowest BCUT2D eigenvalue weighted by atomic mass is 9.68. The van der Waals surface area contributed by atoms with Gasteiger partial charge in [-0.2, -0.15) is 0 Å². The minimum Gasteiger partial charge on any atom is -0.508 e. The highest BCUT2D eigenvalue weighted by Gasteiger charge is 2.56. The molecule has 2 aliphatic rings. The summed E-state index contributed by atoms with van der Waals surface area (Å²) in [5.74, 6) is -0.179. The first-order chi connectivity index (χ1) is 17.8. The van der Waals surface area contributed by atoms with Crippen molar-refractivity contribution in [2.24, 2.45) is 5.92 Å². The van der Waals surface area contributed by atoms with Crippen LogP contribution in [0.1, 0.15) is 35.1 Å². The molecule has 0 radical (unpaired) electrons. The van der Waals surface area contributed by atoms with Gasteiger partial charge in [0, 0.05) is 41.7 Å². The third kappa shape index (κ3) is 3.86. The summed E-state index contributed by atoms with van der Waals surface area (Å²) < 4.78 is 33.3. The van der Waals surface area contributed by atoms with Crippen LogP contribution in [0.2, 0.25) is 0 Å². The van der Waals surface area contributed by atoms with E-state index in [9.17, 15) is 15.0 Å². The molecule has 194 valence electrons. The number of methoxy groups -OCH3 is 3. The number of carbonyl (C=O) groups is 1. The van der Waals surface area contributed by atoms with Crippen molar-refractivity contribution in [3.63, 3.8) is 0 Å². The molecule has 3 aromatic carbocycles. The van der Waals surface area contributed by atoms with E-state index >= 15 is 0 Å². The minimum atomic E-state index is -1.08. The van der Waals surface area contributed by atoms with E-state index in [1.165, 1.54) is 14.2 Å². The van der Waals surface area contributed by atoms with Crippen LogP contribution in [0.3, 0.4) is 0 Å². The lowest BCUT2D eigenvalue weighted by Gasteiger charge is -2.34. The number of aromatic hydroxyl groups is 1. The molecule has 3 atom stereocenters. The zero-order chi connectivity index (χ0) is 26.3. The Bertz CT molecular complexity index is 1350. The quantitative estimate of drug-likeness (QED) is 0.431. The summed E-state index contributed by atoms with van der Waals surface area (Å²) in [6.45, 7) is 1.91. The molecule has 0 spiro atoms. The number of hydrogen-bond acceptors (Lipinski definition) is 8. The van der Waals surface area contributed by atoms with Crippen LogP contribution >= 0.6 is 0 Å². The fourth-order valence-corrected chi connectivity index (χ4v) is 5.65. The molecule has 0 fully saturated rings. The van der Waals surface area contributed by atoms with Gasteiger partial charge in [0.1, 0.15) is 23.0 Å². The second kappa shape index (κ2) is 9.40. The lowest BCUT2D eigenvalue weighted by Crippen LogP contribution is -2.37. The number of phenols is 1. The average Bonchev–Trinajstić information content (AvgIpc) is 3.46. The molecular formula is C28H28O9. The fraction of sp³-hybridized carbons (Fsp3) is 0.321. The number of rotatable bonds is 8. The smallest absolute Gasteiger partial charge is 0.308 e. The number of fused-ring (bicyclic) bond motifs is 2. The number of benzene rings is 3. The summed E-state index contributed by atoms with van der Waals surface area (Å²) >= 11 is 0. The first-order valence-electron chi connectivity index (χ1n) is 11.7. The van der Waals surface area contributed by atoms with E-state index in [1.807, 2.05) is 6.92 Å². The topological polar surface area (TPSA) is 113 Å². The molecule has 37 heavy (non-hydrogen) atoms. The van der Waals surface area contributed by atoms with Crippen molar-refractivity contribution in [3.05, 3.63) is 70.8 Å². The lowest BCUT2D eigenvalue weighted by molar-refractivity contribution is -0.143. The van der Waals surface area contributed by atoms with Crippen molar-refractivity contribution in [1.29, 1.82) is 0 Å². The summed E-state index contributed by atoms with van der Waals surface area (Å²) in [6, 6.07) is 13.7. The molecule has 1 aliphatic heterocycles. The molecule has 1 heterocycles. The molecule has 0 saturated carbocycles. The Morgan fingerprint density at radius 1 is 0.946 bits per heavy atom. The van der Waals surface area contributed by atoms with Gasteiger partial charge in [0.05, 0.1) is 20.1 Å². The Labute approximate surface area is 214 Å². The molecular weight excluding hydrogens is 480 g/mol. The number of carboxylic acid groups (broad SMARTS) is 1. The van der Waals surface area contributed by atoms with Crippen LogP contribution in [-0.2, 0) is 14.9 Å². The first kappa shape index (κ1) is 24.6. The van der Waals surface area contributed by atoms with E-state index in [-0.39, 0.29) is 19.3 Å². The monoisotopic (exact) mass is 508 g/mol. The molecule has 9 nitrogen and oxygen atoms in total. The van der Waals surface area contributed by atoms with Crippen molar-refractivity contribution in [3.8, 4) is 34.5 Å². The van der Waals surface area contributed by atoms with Gasteiger partial charge in [-0.1, -0.05) is 19.1 Å². The Balaban J connectivity index is 1.78. The van der Waals surface area contributed by atoms with Crippen molar-refractivity contribution >= 4 is 5.97 Å². The van der Waals surface area contributed by atoms with Crippen LogP contribution in [-0.4, -0.2) is 51.1 Å². The van der Waals surface area contributed by atoms with E-state index in [4.69, 9.17) is 28.4 Å².